The summed E-state index contributed by atoms with van der Waals surface area (Å²) in [5, 5.41) is 13.1. The minimum absolute atomic E-state index is 0.00403. The molecule has 34 heavy (non-hydrogen) atoms. The molecule has 0 bridgehead atoms. The van der Waals surface area contributed by atoms with Crippen LogP contribution in [0.5, 0.6) is 5.75 Å². The number of thiazole rings is 1. The second-order valence-electron chi connectivity index (χ2n) is 7.56. The maximum absolute atomic E-state index is 13.1. The zero-order valence-electron chi connectivity index (χ0n) is 17.9. The molecule has 0 aliphatic carbocycles. The summed E-state index contributed by atoms with van der Waals surface area (Å²) in [6.07, 6.45) is 4.60. The number of hydrogen-bond acceptors (Lipinski definition) is 7. The van der Waals surface area contributed by atoms with Gasteiger partial charge >= 0.3 is 5.91 Å². The number of pyridine rings is 1. The standard InChI is InChI=1S/C26H19N3O4S/c30-23(19-10-12-27-13-11-19)21-22(29(25(32)24(21)31)26-28-14-15-34-26)18-6-8-20(9-7-18)33-16-17-4-2-1-3-5-17/h1-15,22,30H,16H2/b23-21+. The van der Waals surface area contributed by atoms with E-state index in [2.05, 4.69) is 9.97 Å². The van der Waals surface area contributed by atoms with E-state index in [1.165, 1.54) is 28.6 Å². The van der Waals surface area contributed by atoms with Gasteiger partial charge in [0.2, 0.25) is 0 Å². The Balaban J connectivity index is 1.52. The first-order chi connectivity index (χ1) is 16.6. The van der Waals surface area contributed by atoms with Crippen molar-refractivity contribution in [1.82, 2.24) is 9.97 Å². The molecule has 1 atom stereocenters. The van der Waals surface area contributed by atoms with Crippen molar-refractivity contribution < 1.29 is 19.4 Å². The monoisotopic (exact) mass is 469 g/mol. The number of nitrogens with zero attached hydrogens (tertiary/aromatic N) is 3. The van der Waals surface area contributed by atoms with E-state index < -0.39 is 17.7 Å². The number of hydrogen-bond donors (Lipinski definition) is 1. The van der Waals surface area contributed by atoms with E-state index in [9.17, 15) is 14.7 Å². The zero-order chi connectivity index (χ0) is 23.5. The molecule has 1 aliphatic heterocycles. The number of rotatable bonds is 6. The van der Waals surface area contributed by atoms with Gasteiger partial charge in [-0.3, -0.25) is 19.5 Å². The molecule has 1 unspecified atom stereocenters. The molecule has 0 saturated carbocycles. The number of ether oxygens (including phenoxy) is 1. The maximum atomic E-state index is 13.1. The minimum Gasteiger partial charge on any atom is -0.507 e. The average molecular weight is 470 g/mol. The van der Waals surface area contributed by atoms with Crippen molar-refractivity contribution in [3.63, 3.8) is 0 Å². The van der Waals surface area contributed by atoms with E-state index in [1.807, 2.05) is 30.3 Å². The molecule has 1 saturated heterocycles. The van der Waals surface area contributed by atoms with Crippen molar-refractivity contribution in [3.8, 4) is 5.75 Å². The highest BCUT2D eigenvalue weighted by molar-refractivity contribution is 7.14. The van der Waals surface area contributed by atoms with Crippen LogP contribution < -0.4 is 9.64 Å². The molecule has 1 amide bonds. The highest BCUT2D eigenvalue weighted by Gasteiger charge is 2.47. The van der Waals surface area contributed by atoms with E-state index in [0.717, 1.165) is 5.56 Å². The predicted octanol–water partition coefficient (Wildman–Crippen LogP) is 4.74. The molecule has 7 nitrogen and oxygen atoms in total. The van der Waals surface area contributed by atoms with Crippen LogP contribution in [0.1, 0.15) is 22.7 Å². The summed E-state index contributed by atoms with van der Waals surface area (Å²) < 4.78 is 5.87. The number of aliphatic hydroxyl groups excluding tert-OH is 1. The highest BCUT2D eigenvalue weighted by Crippen LogP contribution is 2.42. The molecular formula is C26H19N3O4S. The Kier molecular flexibility index (Phi) is 5.88. The van der Waals surface area contributed by atoms with Crippen molar-refractivity contribution in [1.29, 1.82) is 0 Å². The number of carbonyl (C=O) groups is 2. The van der Waals surface area contributed by atoms with Gasteiger partial charge in [-0.25, -0.2) is 4.98 Å². The van der Waals surface area contributed by atoms with Crippen LogP contribution in [0.4, 0.5) is 5.13 Å². The van der Waals surface area contributed by atoms with E-state index >= 15 is 0 Å². The molecule has 1 N–H and O–H groups in total. The number of carbonyl (C=O) groups excluding carboxylic acids is 2. The van der Waals surface area contributed by atoms with Gasteiger partial charge in [-0.15, -0.1) is 11.3 Å². The van der Waals surface area contributed by atoms with Gasteiger partial charge in [-0.2, -0.15) is 0 Å². The van der Waals surface area contributed by atoms with Gasteiger partial charge in [-0.1, -0.05) is 42.5 Å². The summed E-state index contributed by atoms with van der Waals surface area (Å²) in [7, 11) is 0. The average Bonchev–Trinajstić information content (AvgIpc) is 3.50. The van der Waals surface area contributed by atoms with Crippen molar-refractivity contribution in [2.45, 2.75) is 12.6 Å². The topological polar surface area (TPSA) is 92.6 Å². The van der Waals surface area contributed by atoms with Gasteiger partial charge in [0.05, 0.1) is 11.6 Å². The van der Waals surface area contributed by atoms with Gasteiger partial charge in [0.25, 0.3) is 5.78 Å². The molecule has 0 spiro atoms. The Labute approximate surface area is 199 Å². The third-order valence-electron chi connectivity index (χ3n) is 5.47. The normalized spacial score (nSPS) is 17.2. The first-order valence-corrected chi connectivity index (χ1v) is 11.4. The van der Waals surface area contributed by atoms with Crippen LogP contribution in [0.15, 0.2) is 96.3 Å². The minimum atomic E-state index is -0.831. The van der Waals surface area contributed by atoms with Crippen LogP contribution in [-0.2, 0) is 16.2 Å². The molecule has 8 heteroatoms. The van der Waals surface area contributed by atoms with Gasteiger partial charge < -0.3 is 9.84 Å². The van der Waals surface area contributed by atoms with Gasteiger partial charge in [0.15, 0.2) is 5.13 Å². The Morgan fingerprint density at radius 1 is 0.971 bits per heavy atom. The molecule has 168 valence electrons. The van der Waals surface area contributed by atoms with E-state index in [1.54, 1.807) is 48.0 Å². The first-order valence-electron chi connectivity index (χ1n) is 10.5. The molecule has 0 radical (unpaired) electrons. The lowest BCUT2D eigenvalue weighted by Gasteiger charge is -2.23. The molecule has 2 aromatic heterocycles. The van der Waals surface area contributed by atoms with Crippen molar-refractivity contribution in [2.24, 2.45) is 0 Å². The Bertz CT molecular complexity index is 1340. The lowest BCUT2D eigenvalue weighted by atomic mass is 9.95. The van der Waals surface area contributed by atoms with Crippen LogP contribution in [0.25, 0.3) is 5.76 Å². The summed E-state index contributed by atoms with van der Waals surface area (Å²) in [4.78, 5) is 35.6. The van der Waals surface area contributed by atoms with Crippen LogP contribution >= 0.6 is 11.3 Å². The number of aromatic nitrogens is 2. The molecule has 3 heterocycles. The van der Waals surface area contributed by atoms with E-state index in [4.69, 9.17) is 4.74 Å². The third kappa shape index (κ3) is 4.06. The summed E-state index contributed by atoms with van der Waals surface area (Å²) in [5.41, 5.74) is 2.10. The Morgan fingerprint density at radius 2 is 1.71 bits per heavy atom. The van der Waals surface area contributed by atoms with E-state index in [0.29, 0.717) is 28.6 Å². The summed E-state index contributed by atoms with van der Waals surface area (Å²) in [6, 6.07) is 19.3. The summed E-state index contributed by atoms with van der Waals surface area (Å²) in [6.45, 7) is 0.416. The van der Waals surface area contributed by atoms with Crippen LogP contribution in [0.2, 0.25) is 0 Å². The molecule has 1 fully saturated rings. The predicted molar refractivity (Wildman–Crippen MR) is 128 cm³/mol. The Morgan fingerprint density at radius 3 is 2.38 bits per heavy atom. The molecule has 4 aromatic rings. The number of anilines is 1. The summed E-state index contributed by atoms with van der Waals surface area (Å²) in [5.74, 6) is -1.11. The fourth-order valence-corrected chi connectivity index (χ4v) is 4.50. The smallest absolute Gasteiger partial charge is 0.301 e. The number of benzene rings is 2. The van der Waals surface area contributed by atoms with Crippen LogP contribution in [0.3, 0.4) is 0 Å². The highest BCUT2D eigenvalue weighted by atomic mass is 32.1. The third-order valence-corrected chi connectivity index (χ3v) is 6.24. The van der Waals surface area contributed by atoms with Crippen LogP contribution in [0, 0.1) is 0 Å². The van der Waals surface area contributed by atoms with Crippen molar-refractivity contribution in [2.75, 3.05) is 4.90 Å². The van der Waals surface area contributed by atoms with Crippen molar-refractivity contribution >= 4 is 33.9 Å². The summed E-state index contributed by atoms with van der Waals surface area (Å²) >= 11 is 1.25. The number of amides is 1. The first kappa shape index (κ1) is 21.5. The number of aliphatic hydroxyl groups is 1. The molecule has 1 aliphatic rings. The fraction of sp³-hybridized carbons (Fsp3) is 0.0769. The number of ketones is 1. The molecule has 2 aromatic carbocycles. The number of Topliss-reactive ketones (excluding diaryl/α,β-unsaturated/α-hetero) is 1. The zero-order valence-corrected chi connectivity index (χ0v) is 18.7. The molecule has 5 rings (SSSR count). The Hall–Kier alpha value is -4.30. The largest absolute Gasteiger partial charge is 0.507 e. The van der Waals surface area contributed by atoms with Gasteiger partial charge in [0, 0.05) is 29.5 Å². The fourth-order valence-electron chi connectivity index (χ4n) is 3.83. The maximum Gasteiger partial charge on any atom is 0.301 e. The van der Waals surface area contributed by atoms with Crippen molar-refractivity contribution in [3.05, 3.63) is 113 Å². The quantitative estimate of drug-likeness (QED) is 0.249. The second kappa shape index (κ2) is 9.29. The lowest BCUT2D eigenvalue weighted by molar-refractivity contribution is -0.132. The van der Waals surface area contributed by atoms with Gasteiger partial charge in [-0.05, 0) is 35.4 Å². The van der Waals surface area contributed by atoms with Crippen LogP contribution in [-0.4, -0.2) is 26.8 Å². The lowest BCUT2D eigenvalue weighted by Crippen LogP contribution is -2.29. The SMILES string of the molecule is O=C1C(=O)N(c2nccs2)C(c2ccc(OCc3ccccc3)cc2)/C1=C(\O)c1ccncc1. The van der Waals surface area contributed by atoms with Gasteiger partial charge in [0.1, 0.15) is 18.1 Å². The van der Waals surface area contributed by atoms with E-state index in [-0.39, 0.29) is 11.3 Å². The molecular weight excluding hydrogens is 450 g/mol. The second-order valence-corrected chi connectivity index (χ2v) is 8.44.